The molecule has 0 fully saturated rings. The second kappa shape index (κ2) is 26.8. The molecule has 0 aliphatic carbocycles. The van der Waals surface area contributed by atoms with Crippen LogP contribution in [0.3, 0.4) is 0 Å². The molecule has 0 spiro atoms. The first-order chi connectivity index (χ1) is 32.7. The van der Waals surface area contributed by atoms with E-state index in [9.17, 15) is 57.8 Å². The van der Waals surface area contributed by atoms with Crippen LogP contribution in [0.4, 0.5) is 0 Å². The first-order valence-corrected chi connectivity index (χ1v) is 21.8. The summed E-state index contributed by atoms with van der Waals surface area (Å²) in [6.07, 6.45) is 2.90. The number of hydrogen-bond donors (Lipinski definition) is 1. The lowest BCUT2D eigenvalue weighted by atomic mass is 10.0. The zero-order valence-corrected chi connectivity index (χ0v) is 38.2. The van der Waals surface area contributed by atoms with Crippen molar-refractivity contribution >= 4 is 40.6 Å². The van der Waals surface area contributed by atoms with Gasteiger partial charge in [-0.2, -0.15) is 0 Å². The summed E-state index contributed by atoms with van der Waals surface area (Å²) in [7, 11) is 3.74. The van der Waals surface area contributed by atoms with Gasteiger partial charge in [0.05, 0.1) is 90.7 Å². The van der Waals surface area contributed by atoms with Crippen LogP contribution >= 0.6 is 0 Å². The summed E-state index contributed by atoms with van der Waals surface area (Å²) < 4.78 is 33.9. The summed E-state index contributed by atoms with van der Waals surface area (Å²) in [6, 6.07) is 10.1. The van der Waals surface area contributed by atoms with E-state index in [4.69, 9.17) is 23.7 Å². The van der Waals surface area contributed by atoms with E-state index in [2.05, 4.69) is 4.74 Å². The zero-order chi connectivity index (χ0) is 49.8. The molecule has 0 radical (unpaired) electrons. The summed E-state index contributed by atoms with van der Waals surface area (Å²) >= 11 is 0. The number of fused-ring (bicyclic) bond motifs is 1. The highest BCUT2D eigenvalue weighted by atomic mass is 16.5. The van der Waals surface area contributed by atoms with Gasteiger partial charge in [-0.15, -0.1) is 0 Å². The van der Waals surface area contributed by atoms with Gasteiger partial charge in [0.1, 0.15) is 6.61 Å². The number of nitrogens with zero attached hydrogens (tertiary/aromatic N) is 6. The van der Waals surface area contributed by atoms with Crippen LogP contribution in [-0.4, -0.2) is 117 Å². The summed E-state index contributed by atoms with van der Waals surface area (Å²) in [5.41, 5.74) is -5.63. The van der Waals surface area contributed by atoms with Crippen molar-refractivity contribution in [3.63, 3.8) is 0 Å². The lowest BCUT2D eigenvalue weighted by molar-refractivity contribution is -0.145. The summed E-state index contributed by atoms with van der Waals surface area (Å²) in [6.45, 7) is -3.59. The fraction of sp³-hybridized carbons (Fsp3) is 0.523. The molecular formula is C44H56N6O18. The van der Waals surface area contributed by atoms with Crippen molar-refractivity contribution in [2.24, 2.45) is 0 Å². The number of hydrogen-bond acceptors (Lipinski definition) is 18. The van der Waals surface area contributed by atoms with Crippen LogP contribution in [-0.2, 0) is 82.1 Å². The van der Waals surface area contributed by atoms with Crippen molar-refractivity contribution < 1.29 is 57.5 Å². The SMILES string of the molecule is COCCn1c(=O)n(CCO)c(=O)n(CCOC(=O)CCn2c(=O)n(CCC(=O)OC)c(=O)n(CCC(=O)OCCCCCCCCOC(=O)c3ccc4cc(C(=O)OC)ccc4c3)c2=O)c1=O. The van der Waals surface area contributed by atoms with Crippen LogP contribution in [0.25, 0.3) is 10.8 Å². The fourth-order valence-corrected chi connectivity index (χ4v) is 6.86. The Bertz CT molecular complexity index is 2800. The number of esters is 5. The Hall–Kier alpha value is -7.21. The molecular weight excluding hydrogens is 901 g/mol. The first-order valence-electron chi connectivity index (χ1n) is 21.8. The van der Waals surface area contributed by atoms with Gasteiger partial charge >= 0.3 is 64.0 Å². The standard InChI is InChI=1S/C44H56N6O18/c1-63-26-21-49-42(60)48(20-23-51)43(61)50(44(49)62)22-27-67-36(54)16-19-47-40(58)45(17-14-34(52)64-2)39(57)46(41(47)59)18-15-35(53)66-24-8-6-4-5-7-9-25-68-38(56)33-13-11-30-28-32(37(55)65-3)12-10-31(30)29-33/h10-13,28-29,51H,4-9,14-27H2,1-3H3. The normalized spacial score (nSPS) is 11.1. The third kappa shape index (κ3) is 14.6. The highest BCUT2D eigenvalue weighted by molar-refractivity contribution is 5.99. The molecule has 4 rings (SSSR count). The molecule has 2 aromatic heterocycles. The number of aromatic nitrogens is 6. The topological polar surface area (TPSA) is 293 Å². The summed E-state index contributed by atoms with van der Waals surface area (Å²) in [5, 5.41) is 10.9. The van der Waals surface area contributed by atoms with Crippen molar-refractivity contribution in [2.45, 2.75) is 97.1 Å². The van der Waals surface area contributed by atoms with Gasteiger partial charge in [0.2, 0.25) is 0 Å². The molecule has 0 saturated carbocycles. The molecule has 68 heavy (non-hydrogen) atoms. The van der Waals surface area contributed by atoms with Crippen molar-refractivity contribution in [3.05, 3.63) is 110 Å². The Balaban J connectivity index is 1.24. The van der Waals surface area contributed by atoms with Crippen molar-refractivity contribution in [1.82, 2.24) is 27.4 Å². The van der Waals surface area contributed by atoms with Gasteiger partial charge in [0.15, 0.2) is 0 Å². The number of methoxy groups -OCH3 is 3. The monoisotopic (exact) mass is 956 g/mol. The van der Waals surface area contributed by atoms with Crippen LogP contribution in [0.5, 0.6) is 0 Å². The minimum absolute atomic E-state index is 0.0447. The van der Waals surface area contributed by atoms with Crippen LogP contribution in [0, 0.1) is 0 Å². The molecule has 24 nitrogen and oxygen atoms in total. The number of rotatable bonds is 28. The maximum absolute atomic E-state index is 13.4. The minimum atomic E-state index is -1.15. The molecule has 0 saturated heterocycles. The molecule has 0 aliphatic heterocycles. The molecule has 4 aromatic rings. The molecule has 24 heteroatoms. The Morgan fingerprint density at radius 2 is 0.809 bits per heavy atom. The summed E-state index contributed by atoms with van der Waals surface area (Å²) in [4.78, 5) is 140. The second-order valence-corrected chi connectivity index (χ2v) is 15.1. The molecule has 0 aliphatic rings. The first kappa shape index (κ1) is 53.4. The lowest BCUT2D eigenvalue weighted by Gasteiger charge is -2.14. The van der Waals surface area contributed by atoms with E-state index in [1.165, 1.54) is 14.2 Å². The van der Waals surface area contributed by atoms with Crippen LogP contribution < -0.4 is 34.1 Å². The predicted octanol–water partition coefficient (Wildman–Crippen LogP) is -0.437. The molecule has 0 amide bonds. The van der Waals surface area contributed by atoms with E-state index in [0.717, 1.165) is 48.1 Å². The van der Waals surface area contributed by atoms with Gasteiger partial charge in [0, 0.05) is 26.7 Å². The Kier molecular flexibility index (Phi) is 21.1. The highest BCUT2D eigenvalue weighted by Crippen LogP contribution is 2.19. The number of carbonyl (C=O) groups is 5. The molecule has 2 aromatic carbocycles. The average Bonchev–Trinajstić information content (AvgIpc) is 3.33. The van der Waals surface area contributed by atoms with Gasteiger partial charge in [-0.25, -0.2) is 65.8 Å². The number of carbonyl (C=O) groups excluding carboxylic acids is 5. The van der Waals surface area contributed by atoms with Gasteiger partial charge in [-0.3, -0.25) is 14.4 Å². The zero-order valence-electron chi connectivity index (χ0n) is 38.2. The van der Waals surface area contributed by atoms with Gasteiger partial charge in [-0.1, -0.05) is 37.8 Å². The maximum atomic E-state index is 13.4. The van der Waals surface area contributed by atoms with E-state index in [0.29, 0.717) is 46.8 Å². The molecule has 2 heterocycles. The molecule has 1 N–H and O–H groups in total. The number of aliphatic hydroxyl groups excluding tert-OH is 1. The molecule has 370 valence electrons. The number of unbranched alkanes of at least 4 members (excludes halogenated alkanes) is 5. The Morgan fingerprint density at radius 1 is 0.426 bits per heavy atom. The minimum Gasteiger partial charge on any atom is -0.469 e. The molecule has 0 bridgehead atoms. The van der Waals surface area contributed by atoms with Crippen LogP contribution in [0.15, 0.2) is 65.2 Å². The molecule has 0 unspecified atom stereocenters. The number of aliphatic hydroxyl groups is 1. The van der Waals surface area contributed by atoms with Crippen molar-refractivity contribution in [1.29, 1.82) is 0 Å². The number of benzene rings is 2. The lowest BCUT2D eigenvalue weighted by Crippen LogP contribution is -2.55. The van der Waals surface area contributed by atoms with Gasteiger partial charge < -0.3 is 33.5 Å². The smallest absolute Gasteiger partial charge is 0.338 e. The van der Waals surface area contributed by atoms with Crippen LogP contribution in [0.1, 0.15) is 78.5 Å². The molecule has 0 atom stereocenters. The van der Waals surface area contributed by atoms with Crippen LogP contribution in [0.2, 0.25) is 0 Å². The van der Waals surface area contributed by atoms with E-state index in [1.54, 1.807) is 36.4 Å². The van der Waals surface area contributed by atoms with E-state index < -0.39 is 129 Å². The maximum Gasteiger partial charge on any atom is 0.338 e. The van der Waals surface area contributed by atoms with E-state index in [-0.39, 0.29) is 26.4 Å². The predicted molar refractivity (Wildman–Crippen MR) is 238 cm³/mol. The Labute approximate surface area is 386 Å². The second-order valence-electron chi connectivity index (χ2n) is 15.1. The van der Waals surface area contributed by atoms with E-state index in [1.807, 2.05) is 0 Å². The van der Waals surface area contributed by atoms with Gasteiger partial charge in [0.25, 0.3) is 0 Å². The summed E-state index contributed by atoms with van der Waals surface area (Å²) in [5.74, 6) is -3.38. The van der Waals surface area contributed by atoms with Crippen molar-refractivity contribution in [2.75, 3.05) is 54.4 Å². The average molecular weight is 957 g/mol. The number of ether oxygens (including phenoxy) is 6. The van der Waals surface area contributed by atoms with Crippen molar-refractivity contribution in [3.8, 4) is 0 Å². The van der Waals surface area contributed by atoms with Gasteiger partial charge in [-0.05, 0) is 47.9 Å². The fourth-order valence-electron chi connectivity index (χ4n) is 6.86. The largest absolute Gasteiger partial charge is 0.469 e. The third-order valence-electron chi connectivity index (χ3n) is 10.6. The third-order valence-corrected chi connectivity index (χ3v) is 10.6. The van der Waals surface area contributed by atoms with E-state index >= 15 is 0 Å². The highest BCUT2D eigenvalue weighted by Gasteiger charge is 2.20. The Morgan fingerprint density at radius 3 is 1.25 bits per heavy atom. The quantitative estimate of drug-likeness (QED) is 0.0429.